The lowest BCUT2D eigenvalue weighted by molar-refractivity contribution is 0.171. The fourth-order valence-electron chi connectivity index (χ4n) is 3.34. The number of hydrogen-bond donors (Lipinski definition) is 2. The molecule has 3 rings (SSSR count). The molecule has 0 fully saturated rings. The number of fused-ring (bicyclic) bond motifs is 1. The molecule has 2 aromatic carbocycles. The number of carbonyl (C=O) groups is 1. The Morgan fingerprint density at radius 2 is 1.63 bits per heavy atom. The Morgan fingerprint density at radius 3 is 2.26 bits per heavy atom. The predicted octanol–water partition coefficient (Wildman–Crippen LogP) is 4.64. The highest BCUT2D eigenvalue weighted by Gasteiger charge is 2.25. The van der Waals surface area contributed by atoms with Gasteiger partial charge in [0.25, 0.3) is 0 Å². The van der Waals surface area contributed by atoms with Crippen LogP contribution in [0, 0.1) is 0 Å². The summed E-state index contributed by atoms with van der Waals surface area (Å²) >= 11 is 0. The molecule has 2 N–H and O–H groups in total. The molecule has 1 aliphatic rings. The molecule has 0 unspecified atom stereocenters. The predicted molar refractivity (Wildman–Crippen MR) is 108 cm³/mol. The summed E-state index contributed by atoms with van der Waals surface area (Å²) in [6.07, 6.45) is 1.74. The van der Waals surface area contributed by atoms with Gasteiger partial charge in [0.2, 0.25) is 0 Å². The summed E-state index contributed by atoms with van der Waals surface area (Å²) < 4.78 is 11.2. The largest absolute Gasteiger partial charge is 0.486 e. The van der Waals surface area contributed by atoms with Crippen molar-refractivity contribution in [2.24, 2.45) is 0 Å². The summed E-state index contributed by atoms with van der Waals surface area (Å²) in [4.78, 5) is 12.7. The normalized spacial score (nSPS) is 13.2. The third-order valence-corrected chi connectivity index (χ3v) is 4.93. The van der Waals surface area contributed by atoms with Crippen molar-refractivity contribution >= 4 is 11.7 Å². The van der Waals surface area contributed by atoms with Gasteiger partial charge in [0.05, 0.1) is 5.54 Å². The summed E-state index contributed by atoms with van der Waals surface area (Å²) in [6.45, 7) is 9.24. The van der Waals surface area contributed by atoms with Crippen LogP contribution in [0.2, 0.25) is 0 Å². The molecule has 0 aromatic heterocycles. The molecule has 144 valence electrons. The molecule has 5 heteroatoms. The van der Waals surface area contributed by atoms with Crippen LogP contribution in [0.5, 0.6) is 11.5 Å². The molecule has 27 heavy (non-hydrogen) atoms. The van der Waals surface area contributed by atoms with E-state index in [0.717, 1.165) is 46.7 Å². The van der Waals surface area contributed by atoms with Gasteiger partial charge in [-0.1, -0.05) is 38.1 Å². The monoisotopic (exact) mass is 368 g/mol. The first kappa shape index (κ1) is 19.1. The minimum Gasteiger partial charge on any atom is -0.486 e. The molecule has 1 aliphatic heterocycles. The molecule has 0 atom stereocenters. The first-order valence-corrected chi connectivity index (χ1v) is 9.54. The van der Waals surface area contributed by atoms with Crippen LogP contribution in [0.3, 0.4) is 0 Å². The van der Waals surface area contributed by atoms with Gasteiger partial charge >= 0.3 is 6.03 Å². The van der Waals surface area contributed by atoms with Gasteiger partial charge in [-0.25, -0.2) is 4.79 Å². The minimum absolute atomic E-state index is 0.217. The van der Waals surface area contributed by atoms with Crippen molar-refractivity contribution < 1.29 is 14.3 Å². The first-order valence-electron chi connectivity index (χ1n) is 9.54. The topological polar surface area (TPSA) is 59.6 Å². The quantitative estimate of drug-likeness (QED) is 0.808. The molecular formula is C22H28N2O3. The maximum Gasteiger partial charge on any atom is 0.319 e. The van der Waals surface area contributed by atoms with E-state index in [1.165, 1.54) is 0 Å². The number of aryl methyl sites for hydroxylation is 2. The highest BCUT2D eigenvalue weighted by atomic mass is 16.6. The Morgan fingerprint density at radius 1 is 1.00 bits per heavy atom. The van der Waals surface area contributed by atoms with Crippen LogP contribution in [-0.2, 0) is 18.4 Å². The molecular weight excluding hydrogens is 340 g/mol. The number of amides is 2. The molecule has 2 amide bonds. The van der Waals surface area contributed by atoms with Crippen LogP contribution in [-0.4, -0.2) is 19.2 Å². The zero-order valence-corrected chi connectivity index (χ0v) is 16.5. The number of benzene rings is 2. The molecule has 0 spiro atoms. The third-order valence-electron chi connectivity index (χ3n) is 4.93. The lowest BCUT2D eigenvalue weighted by Crippen LogP contribution is -2.43. The third kappa shape index (κ3) is 4.18. The highest BCUT2D eigenvalue weighted by Crippen LogP contribution is 2.34. The van der Waals surface area contributed by atoms with E-state index in [2.05, 4.69) is 36.6 Å². The van der Waals surface area contributed by atoms with Crippen LogP contribution in [0.15, 0.2) is 36.4 Å². The molecule has 0 saturated heterocycles. The van der Waals surface area contributed by atoms with Gasteiger partial charge < -0.3 is 20.1 Å². The van der Waals surface area contributed by atoms with Gasteiger partial charge in [-0.05, 0) is 55.5 Å². The Kier molecular flexibility index (Phi) is 5.59. The van der Waals surface area contributed by atoms with E-state index >= 15 is 0 Å². The van der Waals surface area contributed by atoms with Crippen LogP contribution in [0.25, 0.3) is 0 Å². The van der Waals surface area contributed by atoms with Gasteiger partial charge in [-0.2, -0.15) is 0 Å². The number of urea groups is 1. The van der Waals surface area contributed by atoms with E-state index in [4.69, 9.17) is 9.47 Å². The lowest BCUT2D eigenvalue weighted by atomic mass is 9.94. The maximum absolute atomic E-state index is 12.7. The lowest BCUT2D eigenvalue weighted by Gasteiger charge is -2.29. The molecule has 0 saturated carbocycles. The second-order valence-corrected chi connectivity index (χ2v) is 7.22. The van der Waals surface area contributed by atoms with Crippen LogP contribution in [0.4, 0.5) is 10.5 Å². The van der Waals surface area contributed by atoms with Gasteiger partial charge in [-0.3, -0.25) is 0 Å². The second-order valence-electron chi connectivity index (χ2n) is 7.22. The number of nitrogens with one attached hydrogen (secondary N) is 2. The molecule has 0 bridgehead atoms. The summed E-state index contributed by atoms with van der Waals surface area (Å²) in [5.74, 6) is 1.47. The molecule has 1 heterocycles. The van der Waals surface area contributed by atoms with Crippen molar-refractivity contribution in [3.05, 3.63) is 53.1 Å². The van der Waals surface area contributed by atoms with Crippen molar-refractivity contribution in [3.63, 3.8) is 0 Å². The van der Waals surface area contributed by atoms with Crippen LogP contribution < -0.4 is 20.1 Å². The Labute approximate surface area is 161 Å². The molecule has 0 radical (unpaired) electrons. The Balaban J connectivity index is 1.77. The van der Waals surface area contributed by atoms with Crippen molar-refractivity contribution in [2.45, 2.75) is 46.1 Å². The van der Waals surface area contributed by atoms with Gasteiger partial charge in [0.15, 0.2) is 11.5 Å². The molecule has 0 aliphatic carbocycles. The average molecular weight is 368 g/mol. The van der Waals surface area contributed by atoms with Crippen LogP contribution in [0.1, 0.15) is 44.4 Å². The average Bonchev–Trinajstić information content (AvgIpc) is 2.67. The smallest absolute Gasteiger partial charge is 0.319 e. The Bertz CT molecular complexity index is 808. The summed E-state index contributed by atoms with van der Waals surface area (Å²) in [5.41, 5.74) is 3.59. The Hall–Kier alpha value is -2.69. The van der Waals surface area contributed by atoms with E-state index in [9.17, 15) is 4.79 Å². The second kappa shape index (κ2) is 7.91. The zero-order chi connectivity index (χ0) is 19.4. The summed E-state index contributed by atoms with van der Waals surface area (Å²) in [5, 5.41) is 6.15. The highest BCUT2D eigenvalue weighted by molar-refractivity contribution is 5.91. The number of rotatable bonds is 5. The van der Waals surface area contributed by atoms with Crippen molar-refractivity contribution in [1.82, 2.24) is 5.32 Å². The molecule has 2 aromatic rings. The van der Waals surface area contributed by atoms with E-state index in [-0.39, 0.29) is 6.03 Å². The zero-order valence-electron chi connectivity index (χ0n) is 16.5. The minimum atomic E-state index is -0.562. The number of hydrogen-bond acceptors (Lipinski definition) is 3. The van der Waals surface area contributed by atoms with E-state index in [0.29, 0.717) is 13.2 Å². The van der Waals surface area contributed by atoms with Gasteiger partial charge in [0.1, 0.15) is 13.2 Å². The number of ether oxygens (including phenoxy) is 2. The fourth-order valence-corrected chi connectivity index (χ4v) is 3.34. The standard InChI is InChI=1S/C22H28N2O3/c1-5-15-8-7-9-16(6-2)20(15)23-21(25)24-22(3,4)17-10-11-18-19(14-17)27-13-12-26-18/h7-11,14H,5-6,12-13H2,1-4H3,(H2,23,24,25). The maximum atomic E-state index is 12.7. The van der Waals surface area contributed by atoms with Gasteiger partial charge in [-0.15, -0.1) is 0 Å². The van der Waals surface area contributed by atoms with E-state index in [1.807, 2.05) is 38.1 Å². The number of anilines is 1. The SMILES string of the molecule is CCc1cccc(CC)c1NC(=O)NC(C)(C)c1ccc2c(c1)OCCO2. The summed E-state index contributed by atoms with van der Waals surface area (Å²) in [7, 11) is 0. The van der Waals surface area contributed by atoms with Crippen molar-refractivity contribution in [2.75, 3.05) is 18.5 Å². The molecule has 5 nitrogen and oxygen atoms in total. The first-order chi connectivity index (χ1) is 12.9. The van der Waals surface area contributed by atoms with Crippen molar-refractivity contribution in [1.29, 1.82) is 0 Å². The van der Waals surface area contributed by atoms with Crippen molar-refractivity contribution in [3.8, 4) is 11.5 Å². The number of carbonyl (C=O) groups excluding carboxylic acids is 1. The number of para-hydroxylation sites is 1. The fraction of sp³-hybridized carbons (Fsp3) is 0.409. The van der Waals surface area contributed by atoms with E-state index < -0.39 is 5.54 Å². The van der Waals surface area contributed by atoms with E-state index in [1.54, 1.807) is 0 Å². The van der Waals surface area contributed by atoms with Crippen LogP contribution >= 0.6 is 0 Å². The summed E-state index contributed by atoms with van der Waals surface area (Å²) in [6, 6.07) is 11.7. The van der Waals surface area contributed by atoms with Gasteiger partial charge in [0, 0.05) is 5.69 Å².